The lowest BCUT2D eigenvalue weighted by Crippen LogP contribution is -2.38. The maximum atomic E-state index is 6.04. The van der Waals surface area contributed by atoms with Gasteiger partial charge in [-0.1, -0.05) is 0 Å². The first-order valence-corrected chi connectivity index (χ1v) is 6.78. The lowest BCUT2D eigenvalue weighted by atomic mass is 9.69. The van der Waals surface area contributed by atoms with Crippen LogP contribution in [0.4, 0.5) is 5.69 Å². The first-order valence-electron chi connectivity index (χ1n) is 6.78. The van der Waals surface area contributed by atoms with Gasteiger partial charge in [0, 0.05) is 24.7 Å². The van der Waals surface area contributed by atoms with E-state index in [2.05, 4.69) is 24.1 Å². The zero-order valence-corrected chi connectivity index (χ0v) is 10.5. The maximum Gasteiger partial charge on any atom is 0.0320 e. The van der Waals surface area contributed by atoms with Crippen LogP contribution in [-0.2, 0) is 13.0 Å². The van der Waals surface area contributed by atoms with Gasteiger partial charge in [-0.15, -0.1) is 0 Å². The van der Waals surface area contributed by atoms with E-state index in [0.29, 0.717) is 5.41 Å². The van der Waals surface area contributed by atoms with Crippen molar-refractivity contribution < 1.29 is 0 Å². The summed E-state index contributed by atoms with van der Waals surface area (Å²) >= 11 is 0. The Morgan fingerprint density at radius 2 is 2.00 bits per heavy atom. The molecule has 2 aliphatic carbocycles. The Bertz CT molecular complexity index is 488. The van der Waals surface area contributed by atoms with E-state index in [1.807, 2.05) is 0 Å². The molecule has 0 unspecified atom stereocenters. The Hall–Kier alpha value is -1.02. The minimum atomic E-state index is 0.673. The van der Waals surface area contributed by atoms with E-state index in [4.69, 9.17) is 5.73 Å². The zero-order valence-electron chi connectivity index (χ0n) is 10.5. The van der Waals surface area contributed by atoms with Crippen LogP contribution in [0, 0.1) is 5.41 Å². The Kier molecular flexibility index (Phi) is 1.79. The topological polar surface area (TPSA) is 29.3 Å². The Labute approximate surface area is 103 Å². The number of fused-ring (bicyclic) bond motifs is 1. The Morgan fingerprint density at radius 3 is 2.76 bits per heavy atom. The quantitative estimate of drug-likeness (QED) is 0.691. The number of nitrogens with two attached hydrogens (primary N) is 1. The van der Waals surface area contributed by atoms with Crippen LogP contribution in [0.25, 0.3) is 0 Å². The fraction of sp³-hybridized carbons (Fsp3) is 0.600. The van der Waals surface area contributed by atoms with Crippen molar-refractivity contribution in [1.82, 2.24) is 4.90 Å². The van der Waals surface area contributed by atoms with Crippen molar-refractivity contribution in [1.29, 1.82) is 0 Å². The molecule has 17 heavy (non-hydrogen) atoms. The molecule has 1 aliphatic heterocycles. The number of nitrogens with zero attached hydrogens (tertiary/aromatic N) is 1. The molecular weight excluding hydrogens is 208 g/mol. The van der Waals surface area contributed by atoms with Gasteiger partial charge in [-0.3, -0.25) is 0 Å². The second-order valence-corrected chi connectivity index (χ2v) is 6.36. The fourth-order valence-electron chi connectivity index (χ4n) is 4.17. The lowest BCUT2D eigenvalue weighted by Gasteiger charge is -2.42. The van der Waals surface area contributed by atoms with Gasteiger partial charge < -0.3 is 10.6 Å². The molecule has 3 aliphatic rings. The highest BCUT2D eigenvalue weighted by atomic mass is 15.1. The van der Waals surface area contributed by atoms with E-state index >= 15 is 0 Å². The molecule has 1 aromatic carbocycles. The number of anilines is 1. The van der Waals surface area contributed by atoms with Crippen LogP contribution >= 0.6 is 0 Å². The van der Waals surface area contributed by atoms with E-state index in [9.17, 15) is 0 Å². The smallest absolute Gasteiger partial charge is 0.0320 e. The summed E-state index contributed by atoms with van der Waals surface area (Å²) in [6.45, 7) is 2.34. The van der Waals surface area contributed by atoms with E-state index < -0.39 is 0 Å². The molecule has 0 saturated heterocycles. The van der Waals surface area contributed by atoms with Crippen molar-refractivity contribution >= 4 is 5.69 Å². The van der Waals surface area contributed by atoms with Crippen molar-refractivity contribution in [3.63, 3.8) is 0 Å². The molecule has 1 fully saturated rings. The molecule has 4 rings (SSSR count). The summed E-state index contributed by atoms with van der Waals surface area (Å²) < 4.78 is 0. The molecule has 1 heterocycles. The third-order valence-electron chi connectivity index (χ3n) is 5.18. The third kappa shape index (κ3) is 1.30. The monoisotopic (exact) mass is 228 g/mol. The number of nitrogen functional groups attached to an aromatic ring is 1. The van der Waals surface area contributed by atoms with Crippen LogP contribution in [-0.4, -0.2) is 18.5 Å². The summed E-state index contributed by atoms with van der Waals surface area (Å²) in [5, 5.41) is 0. The molecule has 1 spiro atoms. The number of likely N-dealkylation sites (N-methyl/N-ethyl adjacent to an activating group) is 1. The SMILES string of the molecule is CN1Cc2cc(N)cc3c2[C@@H](C1)C1(CC3)CC1. The standard InChI is InChI=1S/C15H20N2/c1-17-8-11-7-12(16)6-10-2-3-15(4-5-15)13(9-17)14(10)11/h6-7,13H,2-5,8-9,16H2,1H3/t13-/m1/s1. The zero-order chi connectivity index (χ0) is 11.6. The molecule has 1 atom stereocenters. The van der Waals surface area contributed by atoms with Crippen molar-refractivity contribution in [2.75, 3.05) is 19.3 Å². The lowest BCUT2D eigenvalue weighted by molar-refractivity contribution is 0.211. The van der Waals surface area contributed by atoms with E-state index in [-0.39, 0.29) is 0 Å². The number of benzene rings is 1. The number of aryl methyl sites for hydroxylation is 1. The molecule has 0 aromatic heterocycles. The highest BCUT2D eigenvalue weighted by Gasteiger charge is 2.53. The molecule has 2 heteroatoms. The average Bonchev–Trinajstić information content (AvgIpc) is 3.03. The molecule has 0 radical (unpaired) electrons. The summed E-state index contributed by atoms with van der Waals surface area (Å²) in [6.07, 6.45) is 5.55. The number of hydrogen-bond acceptors (Lipinski definition) is 2. The van der Waals surface area contributed by atoms with Crippen LogP contribution < -0.4 is 5.73 Å². The van der Waals surface area contributed by atoms with Gasteiger partial charge in [-0.2, -0.15) is 0 Å². The predicted octanol–water partition coefficient (Wildman–Crippen LogP) is 2.52. The number of hydrogen-bond donors (Lipinski definition) is 1. The van der Waals surface area contributed by atoms with E-state index in [0.717, 1.165) is 18.2 Å². The molecule has 2 N–H and O–H groups in total. The van der Waals surface area contributed by atoms with Gasteiger partial charge >= 0.3 is 0 Å². The Morgan fingerprint density at radius 1 is 1.24 bits per heavy atom. The second kappa shape index (κ2) is 3.05. The average molecular weight is 228 g/mol. The third-order valence-corrected chi connectivity index (χ3v) is 5.18. The summed E-state index contributed by atoms with van der Waals surface area (Å²) in [4.78, 5) is 2.47. The summed E-state index contributed by atoms with van der Waals surface area (Å²) in [5.41, 5.74) is 12.4. The molecule has 1 saturated carbocycles. The largest absolute Gasteiger partial charge is 0.399 e. The highest BCUT2D eigenvalue weighted by molar-refractivity contribution is 5.54. The summed E-state index contributed by atoms with van der Waals surface area (Å²) in [6, 6.07) is 4.44. The van der Waals surface area contributed by atoms with Gasteiger partial charge in [-0.25, -0.2) is 0 Å². The first kappa shape index (κ1) is 9.95. The second-order valence-electron chi connectivity index (χ2n) is 6.36. The number of rotatable bonds is 0. The van der Waals surface area contributed by atoms with E-state index in [1.165, 1.54) is 37.8 Å². The van der Waals surface area contributed by atoms with Crippen LogP contribution in [0.2, 0.25) is 0 Å². The predicted molar refractivity (Wildman–Crippen MR) is 69.9 cm³/mol. The van der Waals surface area contributed by atoms with Crippen LogP contribution in [0.1, 0.15) is 41.9 Å². The van der Waals surface area contributed by atoms with Crippen molar-refractivity contribution in [3.05, 3.63) is 28.8 Å². The van der Waals surface area contributed by atoms with Crippen LogP contribution in [0.3, 0.4) is 0 Å². The van der Waals surface area contributed by atoms with Gasteiger partial charge in [0.2, 0.25) is 0 Å². The maximum absolute atomic E-state index is 6.04. The highest BCUT2D eigenvalue weighted by Crippen LogP contribution is 2.63. The normalized spacial score (nSPS) is 29.1. The molecule has 2 nitrogen and oxygen atoms in total. The van der Waals surface area contributed by atoms with Gasteiger partial charge in [0.25, 0.3) is 0 Å². The first-order chi connectivity index (χ1) is 8.18. The van der Waals surface area contributed by atoms with Crippen LogP contribution in [0.5, 0.6) is 0 Å². The molecule has 1 aromatic rings. The molecule has 0 bridgehead atoms. The Balaban J connectivity index is 1.92. The molecular formula is C15H20N2. The van der Waals surface area contributed by atoms with E-state index in [1.54, 1.807) is 11.1 Å². The minimum Gasteiger partial charge on any atom is -0.399 e. The molecule has 0 amide bonds. The van der Waals surface area contributed by atoms with Gasteiger partial charge in [0.05, 0.1) is 0 Å². The van der Waals surface area contributed by atoms with Gasteiger partial charge in [-0.05, 0) is 67.0 Å². The molecule has 90 valence electrons. The van der Waals surface area contributed by atoms with Crippen molar-refractivity contribution in [2.24, 2.45) is 5.41 Å². The van der Waals surface area contributed by atoms with Crippen molar-refractivity contribution in [2.45, 2.75) is 38.1 Å². The fourth-order valence-corrected chi connectivity index (χ4v) is 4.17. The summed E-state index contributed by atoms with van der Waals surface area (Å²) in [5.74, 6) is 0.792. The minimum absolute atomic E-state index is 0.673. The van der Waals surface area contributed by atoms with Crippen molar-refractivity contribution in [3.8, 4) is 0 Å². The van der Waals surface area contributed by atoms with Gasteiger partial charge in [0.15, 0.2) is 0 Å². The van der Waals surface area contributed by atoms with Gasteiger partial charge in [0.1, 0.15) is 0 Å². The summed E-state index contributed by atoms with van der Waals surface area (Å²) in [7, 11) is 2.25. The van der Waals surface area contributed by atoms with Crippen LogP contribution in [0.15, 0.2) is 12.1 Å².